The largest absolute Gasteiger partial charge is 0.495 e. The zero-order chi connectivity index (χ0) is 19.3. The van der Waals surface area contributed by atoms with Crippen LogP contribution in [0.1, 0.15) is 12.5 Å². The molecular formula is C18H21ClN2O4S. The number of hydrogen-bond donors (Lipinski definition) is 1. The number of carbonyl (C=O) groups is 1. The van der Waals surface area contributed by atoms with E-state index >= 15 is 0 Å². The highest BCUT2D eigenvalue weighted by Gasteiger charge is 2.24. The lowest BCUT2D eigenvalue weighted by Gasteiger charge is -2.17. The summed E-state index contributed by atoms with van der Waals surface area (Å²) in [4.78, 5) is 12.2. The van der Waals surface area contributed by atoms with Crippen LogP contribution in [-0.4, -0.2) is 39.3 Å². The van der Waals surface area contributed by atoms with Crippen molar-refractivity contribution in [2.75, 3.05) is 26.0 Å². The number of carbonyl (C=O) groups excluding carboxylic acids is 1. The number of nitrogens with zero attached hydrogens (tertiary/aromatic N) is 1. The van der Waals surface area contributed by atoms with Gasteiger partial charge in [-0.25, -0.2) is 8.42 Å². The molecular weight excluding hydrogens is 376 g/mol. The third kappa shape index (κ3) is 4.75. The first-order valence-electron chi connectivity index (χ1n) is 7.96. The van der Waals surface area contributed by atoms with Gasteiger partial charge < -0.3 is 10.1 Å². The second-order valence-electron chi connectivity index (χ2n) is 5.66. The molecule has 0 aliphatic heterocycles. The predicted molar refractivity (Wildman–Crippen MR) is 102 cm³/mol. The minimum atomic E-state index is -3.85. The molecule has 2 aromatic rings. The van der Waals surface area contributed by atoms with E-state index in [0.717, 1.165) is 16.3 Å². The Morgan fingerprint density at radius 3 is 2.38 bits per heavy atom. The molecule has 0 atom stereocenters. The summed E-state index contributed by atoms with van der Waals surface area (Å²) in [7, 11) is -1.07. The molecule has 0 fully saturated rings. The average molecular weight is 397 g/mol. The third-order valence-electron chi connectivity index (χ3n) is 3.84. The van der Waals surface area contributed by atoms with Crippen LogP contribution in [0.5, 0.6) is 5.75 Å². The lowest BCUT2D eigenvalue weighted by atomic mass is 10.1. The quantitative estimate of drug-likeness (QED) is 0.779. The molecule has 2 aromatic carbocycles. The normalized spacial score (nSPS) is 11.4. The Labute approximate surface area is 158 Å². The predicted octanol–water partition coefficient (Wildman–Crippen LogP) is 3.17. The van der Waals surface area contributed by atoms with Gasteiger partial charge in [-0.15, -0.1) is 0 Å². The van der Waals surface area contributed by atoms with Crippen molar-refractivity contribution < 1.29 is 17.9 Å². The highest BCUT2D eigenvalue weighted by molar-refractivity contribution is 7.89. The highest BCUT2D eigenvalue weighted by atomic mass is 35.5. The highest BCUT2D eigenvalue weighted by Crippen LogP contribution is 2.28. The molecule has 140 valence electrons. The standard InChI is InChI=1S/C18H21ClN2O4S/c1-4-13-5-7-14(8-6-13)20-18(22)12-21(2)26(23,24)15-9-10-17(25-3)16(19)11-15/h5-11H,4,12H2,1-3H3,(H,20,22). The van der Waals surface area contributed by atoms with Gasteiger partial charge in [-0.05, 0) is 42.3 Å². The number of benzene rings is 2. The Bertz CT molecular complexity index is 883. The topological polar surface area (TPSA) is 75.7 Å². The number of rotatable bonds is 7. The maximum absolute atomic E-state index is 12.6. The fourth-order valence-electron chi connectivity index (χ4n) is 2.30. The molecule has 0 aromatic heterocycles. The second-order valence-corrected chi connectivity index (χ2v) is 8.11. The van der Waals surface area contributed by atoms with Crippen LogP contribution in [0.15, 0.2) is 47.4 Å². The van der Waals surface area contributed by atoms with Crippen LogP contribution >= 0.6 is 11.6 Å². The van der Waals surface area contributed by atoms with Crippen molar-refractivity contribution in [3.8, 4) is 5.75 Å². The van der Waals surface area contributed by atoms with Crippen LogP contribution in [-0.2, 0) is 21.2 Å². The number of anilines is 1. The lowest BCUT2D eigenvalue weighted by Crippen LogP contribution is -2.35. The third-order valence-corrected chi connectivity index (χ3v) is 5.94. The molecule has 26 heavy (non-hydrogen) atoms. The van der Waals surface area contributed by atoms with Crippen LogP contribution in [0.3, 0.4) is 0 Å². The molecule has 8 heteroatoms. The van der Waals surface area contributed by atoms with Crippen molar-refractivity contribution in [1.82, 2.24) is 4.31 Å². The van der Waals surface area contributed by atoms with Crippen molar-refractivity contribution in [2.45, 2.75) is 18.2 Å². The van der Waals surface area contributed by atoms with E-state index in [2.05, 4.69) is 5.32 Å². The zero-order valence-corrected chi connectivity index (χ0v) is 16.4. The van der Waals surface area contributed by atoms with Crippen molar-refractivity contribution in [1.29, 1.82) is 0 Å². The first-order chi connectivity index (χ1) is 12.3. The molecule has 0 unspecified atom stereocenters. The molecule has 0 spiro atoms. The van der Waals surface area contributed by atoms with Crippen molar-refractivity contribution in [2.24, 2.45) is 0 Å². The van der Waals surface area contributed by atoms with Gasteiger partial charge >= 0.3 is 0 Å². The summed E-state index contributed by atoms with van der Waals surface area (Å²) in [6.45, 7) is 1.72. The molecule has 0 bridgehead atoms. The molecule has 0 heterocycles. The Kier molecular flexibility index (Phi) is 6.63. The summed E-state index contributed by atoms with van der Waals surface area (Å²) in [6.07, 6.45) is 0.902. The maximum Gasteiger partial charge on any atom is 0.243 e. The van der Waals surface area contributed by atoms with Gasteiger partial charge in [0, 0.05) is 12.7 Å². The average Bonchev–Trinajstić information content (AvgIpc) is 2.62. The summed E-state index contributed by atoms with van der Waals surface area (Å²) in [5.41, 5.74) is 1.77. The summed E-state index contributed by atoms with van der Waals surface area (Å²) in [5.74, 6) is -0.0542. The van der Waals surface area contributed by atoms with Crippen LogP contribution in [0.25, 0.3) is 0 Å². The number of methoxy groups -OCH3 is 1. The first kappa shape index (κ1) is 20.2. The number of amides is 1. The first-order valence-corrected chi connectivity index (χ1v) is 9.78. The number of nitrogens with one attached hydrogen (secondary N) is 1. The van der Waals surface area contributed by atoms with E-state index in [1.165, 1.54) is 32.4 Å². The SMILES string of the molecule is CCc1ccc(NC(=O)CN(C)S(=O)(=O)c2ccc(OC)c(Cl)c2)cc1. The number of likely N-dealkylation sites (N-methyl/N-ethyl adjacent to an activating group) is 1. The van der Waals surface area contributed by atoms with E-state index in [1.807, 2.05) is 19.1 Å². The van der Waals surface area contributed by atoms with Gasteiger partial charge in [-0.2, -0.15) is 4.31 Å². The maximum atomic E-state index is 12.6. The fraction of sp³-hybridized carbons (Fsp3) is 0.278. The van der Waals surface area contributed by atoms with Gasteiger partial charge in [0.1, 0.15) is 5.75 Å². The molecule has 0 aliphatic rings. The minimum Gasteiger partial charge on any atom is -0.495 e. The zero-order valence-electron chi connectivity index (χ0n) is 14.8. The molecule has 1 amide bonds. The van der Waals surface area contributed by atoms with Gasteiger partial charge in [-0.3, -0.25) is 4.79 Å². The molecule has 0 saturated carbocycles. The van der Waals surface area contributed by atoms with Gasteiger partial charge in [0.25, 0.3) is 0 Å². The lowest BCUT2D eigenvalue weighted by molar-refractivity contribution is -0.116. The Morgan fingerprint density at radius 1 is 1.19 bits per heavy atom. The van der Waals surface area contributed by atoms with Crippen molar-refractivity contribution in [3.05, 3.63) is 53.1 Å². The van der Waals surface area contributed by atoms with E-state index in [9.17, 15) is 13.2 Å². The monoisotopic (exact) mass is 396 g/mol. The number of hydrogen-bond acceptors (Lipinski definition) is 4. The van der Waals surface area contributed by atoms with Crippen LogP contribution < -0.4 is 10.1 Å². The number of aryl methyl sites for hydroxylation is 1. The van der Waals surface area contributed by atoms with Gasteiger partial charge in [0.15, 0.2) is 0 Å². The van der Waals surface area contributed by atoms with Gasteiger partial charge in [-0.1, -0.05) is 30.7 Å². The Hall–Kier alpha value is -2.09. The smallest absolute Gasteiger partial charge is 0.243 e. The second kappa shape index (κ2) is 8.53. The van der Waals surface area contributed by atoms with E-state index in [4.69, 9.17) is 16.3 Å². The van der Waals surface area contributed by atoms with Gasteiger partial charge in [0.2, 0.25) is 15.9 Å². The van der Waals surface area contributed by atoms with E-state index < -0.39 is 15.9 Å². The molecule has 0 radical (unpaired) electrons. The van der Waals surface area contributed by atoms with Crippen LogP contribution in [0.4, 0.5) is 5.69 Å². The van der Waals surface area contributed by atoms with Crippen LogP contribution in [0, 0.1) is 0 Å². The molecule has 6 nitrogen and oxygen atoms in total. The summed E-state index contributed by atoms with van der Waals surface area (Å²) < 4.78 is 31.2. The number of sulfonamides is 1. The molecule has 1 N–H and O–H groups in total. The number of ether oxygens (including phenoxy) is 1. The van der Waals surface area contributed by atoms with E-state index in [1.54, 1.807) is 12.1 Å². The molecule has 0 saturated heterocycles. The van der Waals surface area contributed by atoms with E-state index in [-0.39, 0.29) is 16.5 Å². The minimum absolute atomic E-state index is 0.00843. The Morgan fingerprint density at radius 2 is 1.85 bits per heavy atom. The van der Waals surface area contributed by atoms with Gasteiger partial charge in [0.05, 0.1) is 23.6 Å². The Balaban J connectivity index is 2.07. The van der Waals surface area contributed by atoms with Crippen molar-refractivity contribution >= 4 is 33.2 Å². The summed E-state index contributed by atoms with van der Waals surface area (Å²) in [6, 6.07) is 11.6. The molecule has 0 aliphatic carbocycles. The molecule has 2 rings (SSSR count). The summed E-state index contributed by atoms with van der Waals surface area (Å²) in [5, 5.41) is 2.87. The number of halogens is 1. The van der Waals surface area contributed by atoms with Crippen LogP contribution in [0.2, 0.25) is 5.02 Å². The summed E-state index contributed by atoms with van der Waals surface area (Å²) >= 11 is 5.99. The van der Waals surface area contributed by atoms with E-state index in [0.29, 0.717) is 11.4 Å². The van der Waals surface area contributed by atoms with Crippen molar-refractivity contribution in [3.63, 3.8) is 0 Å². The fourth-order valence-corrected chi connectivity index (χ4v) is 3.78.